The first-order valence-electron chi connectivity index (χ1n) is 9.60. The molecule has 146 valence electrons. The van der Waals surface area contributed by atoms with Crippen LogP contribution in [-0.4, -0.2) is 34.1 Å². The number of rotatable bonds is 8. The van der Waals surface area contributed by atoms with Crippen LogP contribution in [0.5, 0.6) is 5.75 Å². The predicted molar refractivity (Wildman–Crippen MR) is 102 cm³/mol. The Kier molecular flexibility index (Phi) is 5.41. The summed E-state index contributed by atoms with van der Waals surface area (Å²) in [7, 11) is 0. The number of aromatic nitrogens is 2. The zero-order chi connectivity index (χ0) is 19.3. The molecule has 1 aliphatic rings. The Hall–Kier alpha value is -3.09. The van der Waals surface area contributed by atoms with Gasteiger partial charge in [0, 0.05) is 24.4 Å². The van der Waals surface area contributed by atoms with Gasteiger partial charge in [-0.3, -0.25) is 4.79 Å². The number of hydrogen-bond donors (Lipinski definition) is 0. The Balaban J connectivity index is 1.39. The Morgan fingerprint density at radius 2 is 2.11 bits per heavy atom. The molecule has 1 amide bonds. The molecule has 0 bridgehead atoms. The van der Waals surface area contributed by atoms with E-state index in [4.69, 9.17) is 13.7 Å². The predicted octanol–water partition coefficient (Wildman–Crippen LogP) is 4.02. The minimum Gasteiger partial charge on any atom is -0.494 e. The molecule has 28 heavy (non-hydrogen) atoms. The molecule has 3 aromatic rings. The van der Waals surface area contributed by atoms with Gasteiger partial charge < -0.3 is 18.6 Å². The first-order chi connectivity index (χ1) is 13.7. The molecule has 1 fully saturated rings. The molecular formula is C21H23N3O4. The van der Waals surface area contributed by atoms with Crippen molar-refractivity contribution in [1.29, 1.82) is 0 Å². The van der Waals surface area contributed by atoms with E-state index in [-0.39, 0.29) is 11.8 Å². The smallest absolute Gasteiger partial charge is 0.257 e. The first kappa shape index (κ1) is 18.3. The van der Waals surface area contributed by atoms with Gasteiger partial charge in [0.1, 0.15) is 11.5 Å². The second-order valence-electron chi connectivity index (χ2n) is 6.94. The number of nitrogens with zero attached hydrogens (tertiary/aromatic N) is 3. The van der Waals surface area contributed by atoms with Crippen molar-refractivity contribution in [3.8, 4) is 17.2 Å². The fraction of sp³-hybridized carbons (Fsp3) is 0.381. The highest BCUT2D eigenvalue weighted by atomic mass is 16.5. The van der Waals surface area contributed by atoms with Crippen LogP contribution in [0.2, 0.25) is 0 Å². The summed E-state index contributed by atoms with van der Waals surface area (Å²) >= 11 is 0. The molecule has 0 radical (unpaired) electrons. The maximum Gasteiger partial charge on any atom is 0.257 e. The number of unbranched alkanes of at least 4 members (excludes halogenated alkanes) is 1. The van der Waals surface area contributed by atoms with E-state index in [9.17, 15) is 4.79 Å². The van der Waals surface area contributed by atoms with Gasteiger partial charge in [-0.15, -0.1) is 0 Å². The zero-order valence-corrected chi connectivity index (χ0v) is 15.8. The molecule has 4 rings (SSSR count). The third-order valence-electron chi connectivity index (χ3n) is 4.82. The van der Waals surface area contributed by atoms with Crippen LogP contribution in [0.25, 0.3) is 11.5 Å². The second-order valence-corrected chi connectivity index (χ2v) is 6.94. The van der Waals surface area contributed by atoms with Crippen LogP contribution in [0.15, 0.2) is 51.6 Å². The highest BCUT2D eigenvalue weighted by molar-refractivity contribution is 5.79. The molecule has 7 heteroatoms. The van der Waals surface area contributed by atoms with Gasteiger partial charge in [-0.05, 0) is 42.8 Å². The summed E-state index contributed by atoms with van der Waals surface area (Å²) in [5, 5.41) is 4.10. The summed E-state index contributed by atoms with van der Waals surface area (Å²) < 4.78 is 16.4. The van der Waals surface area contributed by atoms with Gasteiger partial charge in [0.15, 0.2) is 5.82 Å². The van der Waals surface area contributed by atoms with Crippen LogP contribution in [0.1, 0.15) is 43.7 Å². The Morgan fingerprint density at radius 1 is 1.25 bits per heavy atom. The molecule has 7 nitrogen and oxygen atoms in total. The maximum atomic E-state index is 12.3. The lowest BCUT2D eigenvalue weighted by atomic mass is 10.1. The van der Waals surface area contributed by atoms with Gasteiger partial charge in [0.05, 0.1) is 19.4 Å². The summed E-state index contributed by atoms with van der Waals surface area (Å²) in [6.45, 7) is 3.87. The van der Waals surface area contributed by atoms with E-state index in [1.165, 1.54) is 0 Å². The highest BCUT2D eigenvalue weighted by Crippen LogP contribution is 2.29. The summed E-state index contributed by atoms with van der Waals surface area (Å²) in [6, 6.07) is 11.3. The van der Waals surface area contributed by atoms with Crippen LogP contribution in [-0.2, 0) is 11.3 Å². The number of furan rings is 1. The van der Waals surface area contributed by atoms with E-state index in [2.05, 4.69) is 17.1 Å². The third-order valence-corrected chi connectivity index (χ3v) is 4.82. The summed E-state index contributed by atoms with van der Waals surface area (Å²) in [5.74, 6) is 2.61. The molecule has 0 saturated carbocycles. The number of likely N-dealkylation sites (tertiary alicyclic amines) is 1. The number of carbonyl (C=O) groups is 1. The van der Waals surface area contributed by atoms with Gasteiger partial charge in [-0.1, -0.05) is 18.5 Å². The second kappa shape index (κ2) is 8.29. The van der Waals surface area contributed by atoms with Crippen molar-refractivity contribution in [2.45, 2.75) is 38.6 Å². The molecule has 1 aromatic carbocycles. The van der Waals surface area contributed by atoms with E-state index in [1.54, 1.807) is 11.2 Å². The monoisotopic (exact) mass is 381 g/mol. The Labute approximate surface area is 163 Å². The molecule has 0 aliphatic carbocycles. The van der Waals surface area contributed by atoms with Crippen molar-refractivity contribution in [2.75, 3.05) is 13.2 Å². The molecule has 2 aromatic heterocycles. The number of benzene rings is 1. The fourth-order valence-electron chi connectivity index (χ4n) is 3.23. The van der Waals surface area contributed by atoms with Gasteiger partial charge in [0.2, 0.25) is 5.91 Å². The Morgan fingerprint density at radius 3 is 2.86 bits per heavy atom. The average molecular weight is 381 g/mol. The zero-order valence-electron chi connectivity index (χ0n) is 15.8. The quantitative estimate of drug-likeness (QED) is 0.548. The van der Waals surface area contributed by atoms with Crippen molar-refractivity contribution < 1.29 is 18.5 Å². The lowest BCUT2D eigenvalue weighted by Gasteiger charge is -2.13. The van der Waals surface area contributed by atoms with Gasteiger partial charge in [-0.2, -0.15) is 4.98 Å². The van der Waals surface area contributed by atoms with Crippen LogP contribution in [0.4, 0.5) is 0 Å². The number of amides is 1. The lowest BCUT2D eigenvalue weighted by Crippen LogP contribution is -2.24. The maximum absolute atomic E-state index is 12.3. The largest absolute Gasteiger partial charge is 0.494 e. The fourth-order valence-corrected chi connectivity index (χ4v) is 3.23. The van der Waals surface area contributed by atoms with E-state index < -0.39 is 0 Å². The van der Waals surface area contributed by atoms with Gasteiger partial charge >= 0.3 is 0 Å². The number of ether oxygens (including phenoxy) is 1. The van der Waals surface area contributed by atoms with Crippen LogP contribution in [0, 0.1) is 0 Å². The molecular weight excluding hydrogens is 358 g/mol. The third kappa shape index (κ3) is 4.08. The van der Waals surface area contributed by atoms with Crippen molar-refractivity contribution >= 4 is 5.91 Å². The molecule has 1 aliphatic heterocycles. The van der Waals surface area contributed by atoms with E-state index in [0.29, 0.717) is 37.8 Å². The normalized spacial score (nSPS) is 16.7. The Bertz CT molecular complexity index is 902. The summed E-state index contributed by atoms with van der Waals surface area (Å²) in [4.78, 5) is 18.6. The van der Waals surface area contributed by atoms with Crippen LogP contribution >= 0.6 is 0 Å². The van der Waals surface area contributed by atoms with Crippen LogP contribution in [0.3, 0.4) is 0 Å². The van der Waals surface area contributed by atoms with E-state index in [1.807, 2.05) is 36.4 Å². The minimum absolute atomic E-state index is 0.0707. The molecule has 0 N–H and O–H groups in total. The number of hydrogen-bond acceptors (Lipinski definition) is 6. The van der Waals surface area contributed by atoms with Crippen molar-refractivity contribution in [2.24, 2.45) is 0 Å². The molecule has 1 saturated heterocycles. The SMILES string of the molecule is CCCCOc1ccc(-c2nc(C3CC(=O)N(Cc4ccco4)C3)no2)cc1. The van der Waals surface area contributed by atoms with Gasteiger partial charge in [0.25, 0.3) is 5.89 Å². The summed E-state index contributed by atoms with van der Waals surface area (Å²) in [5.41, 5.74) is 0.832. The topological polar surface area (TPSA) is 81.6 Å². The lowest BCUT2D eigenvalue weighted by molar-refractivity contribution is -0.128. The van der Waals surface area contributed by atoms with Gasteiger partial charge in [-0.25, -0.2) is 0 Å². The average Bonchev–Trinajstić information content (AvgIpc) is 3.45. The van der Waals surface area contributed by atoms with Crippen LogP contribution < -0.4 is 4.74 Å². The van der Waals surface area contributed by atoms with E-state index in [0.717, 1.165) is 29.9 Å². The molecule has 3 heterocycles. The minimum atomic E-state index is -0.0726. The van der Waals surface area contributed by atoms with Crippen molar-refractivity contribution in [3.63, 3.8) is 0 Å². The standard InChI is InChI=1S/C21H23N3O4/c1-2-3-10-26-17-8-6-15(7-9-17)21-22-20(23-28-21)16-12-19(25)24(13-16)14-18-5-4-11-27-18/h4-9,11,16H,2-3,10,12-14H2,1H3. The van der Waals surface area contributed by atoms with Crippen molar-refractivity contribution in [3.05, 3.63) is 54.2 Å². The highest BCUT2D eigenvalue weighted by Gasteiger charge is 2.34. The molecule has 1 atom stereocenters. The molecule has 0 spiro atoms. The van der Waals surface area contributed by atoms with E-state index >= 15 is 0 Å². The van der Waals surface area contributed by atoms with Crippen molar-refractivity contribution in [1.82, 2.24) is 15.0 Å². The number of carbonyl (C=O) groups excluding carboxylic acids is 1. The first-order valence-corrected chi connectivity index (χ1v) is 9.60. The summed E-state index contributed by atoms with van der Waals surface area (Å²) in [6.07, 6.45) is 4.13. The molecule has 1 unspecified atom stereocenters.